The largest absolute Gasteiger partial charge is 0.463 e. The number of esters is 3. The van der Waals surface area contributed by atoms with Crippen LogP contribution in [0.3, 0.4) is 0 Å². The number of carbonyl (C=O) groups is 3. The van der Waals surface area contributed by atoms with Crippen LogP contribution in [0.15, 0.2) is 0 Å². The summed E-state index contributed by atoms with van der Waals surface area (Å²) < 4.78 is 33.2. The Morgan fingerprint density at radius 3 is 2.05 bits per heavy atom. The zero-order valence-corrected chi connectivity index (χ0v) is 11.8. The van der Waals surface area contributed by atoms with Crippen LogP contribution in [0.5, 0.6) is 0 Å². The first-order valence-electron chi connectivity index (χ1n) is 6.17. The minimum atomic E-state index is -2.10. The summed E-state index contributed by atoms with van der Waals surface area (Å²) >= 11 is 0. The fourth-order valence-electron chi connectivity index (χ4n) is 1.88. The van der Waals surface area contributed by atoms with Crippen LogP contribution >= 0.6 is 0 Å². The predicted molar refractivity (Wildman–Crippen MR) is 63.5 cm³/mol. The lowest BCUT2D eigenvalue weighted by Crippen LogP contribution is -2.59. The molecule has 1 aliphatic rings. The van der Waals surface area contributed by atoms with E-state index in [2.05, 4.69) is 0 Å². The second-order valence-electron chi connectivity index (χ2n) is 4.46. The van der Waals surface area contributed by atoms with Gasteiger partial charge in [0.25, 0.3) is 0 Å². The Morgan fingerprint density at radius 2 is 1.57 bits per heavy atom. The van der Waals surface area contributed by atoms with Crippen molar-refractivity contribution in [1.82, 2.24) is 0 Å². The molecule has 0 aromatic heterocycles. The van der Waals surface area contributed by atoms with Crippen molar-refractivity contribution in [2.45, 2.75) is 51.5 Å². The molecule has 0 bridgehead atoms. The molecule has 0 spiro atoms. The average Bonchev–Trinajstić information content (AvgIpc) is 2.35. The number of alkyl halides is 1. The summed E-state index contributed by atoms with van der Waals surface area (Å²) in [5, 5.41) is 9.48. The molecule has 0 saturated carbocycles. The van der Waals surface area contributed by atoms with Gasteiger partial charge in [-0.3, -0.25) is 14.4 Å². The van der Waals surface area contributed by atoms with E-state index < -0.39 is 55.3 Å². The van der Waals surface area contributed by atoms with E-state index in [0.29, 0.717) is 0 Å². The topological polar surface area (TPSA) is 108 Å². The van der Waals surface area contributed by atoms with Crippen LogP contribution in [-0.2, 0) is 33.3 Å². The van der Waals surface area contributed by atoms with Crippen molar-refractivity contribution in [2.75, 3.05) is 6.61 Å². The maximum Gasteiger partial charge on any atom is 0.303 e. The zero-order valence-electron chi connectivity index (χ0n) is 11.8. The first-order chi connectivity index (χ1) is 9.72. The number of aliphatic hydroxyl groups is 1. The average molecular weight is 308 g/mol. The molecule has 1 aliphatic heterocycles. The molecule has 1 saturated heterocycles. The summed E-state index contributed by atoms with van der Waals surface area (Å²) in [5.74, 6) is -2.22. The lowest BCUT2D eigenvalue weighted by molar-refractivity contribution is -0.279. The summed E-state index contributed by atoms with van der Waals surface area (Å²) in [6, 6.07) is 0. The van der Waals surface area contributed by atoms with E-state index in [1.54, 1.807) is 0 Å². The molecular formula is C12H17FO8. The van der Waals surface area contributed by atoms with Crippen LogP contribution in [0, 0.1) is 0 Å². The molecule has 0 amide bonds. The van der Waals surface area contributed by atoms with Gasteiger partial charge in [-0.15, -0.1) is 0 Å². The Kier molecular flexibility index (Phi) is 6.03. The van der Waals surface area contributed by atoms with Gasteiger partial charge in [0.2, 0.25) is 0 Å². The van der Waals surface area contributed by atoms with Gasteiger partial charge in [0.1, 0.15) is 12.7 Å². The highest BCUT2D eigenvalue weighted by Gasteiger charge is 2.50. The predicted octanol–water partition coefficient (Wildman–Crippen LogP) is -0.532. The first-order valence-corrected chi connectivity index (χ1v) is 6.17. The molecule has 1 N–H and O–H groups in total. The van der Waals surface area contributed by atoms with Crippen molar-refractivity contribution in [3.8, 4) is 0 Å². The van der Waals surface area contributed by atoms with Crippen LogP contribution < -0.4 is 0 Å². The van der Waals surface area contributed by atoms with E-state index in [1.165, 1.54) is 0 Å². The van der Waals surface area contributed by atoms with Gasteiger partial charge in [0.05, 0.1) is 0 Å². The Bertz CT molecular complexity index is 412. The molecule has 120 valence electrons. The molecule has 0 aromatic rings. The fraction of sp³-hybridized carbons (Fsp3) is 0.750. The van der Waals surface area contributed by atoms with Crippen LogP contribution in [0.2, 0.25) is 0 Å². The summed E-state index contributed by atoms with van der Waals surface area (Å²) in [6.45, 7) is 2.86. The van der Waals surface area contributed by atoms with Gasteiger partial charge in [0, 0.05) is 20.8 Å². The number of ether oxygens (including phenoxy) is 4. The molecule has 1 fully saturated rings. The number of rotatable bonds is 4. The number of halogens is 1. The van der Waals surface area contributed by atoms with Crippen molar-refractivity contribution < 1.29 is 42.8 Å². The molecule has 0 radical (unpaired) electrons. The molecule has 1 rings (SSSR count). The lowest BCUT2D eigenvalue weighted by Gasteiger charge is -2.40. The molecule has 0 aromatic carbocycles. The highest BCUT2D eigenvalue weighted by atomic mass is 19.1. The van der Waals surface area contributed by atoms with Crippen molar-refractivity contribution >= 4 is 17.9 Å². The van der Waals surface area contributed by atoms with Crippen molar-refractivity contribution in [3.05, 3.63) is 0 Å². The first kappa shape index (κ1) is 17.3. The highest BCUT2D eigenvalue weighted by molar-refractivity contribution is 5.67. The summed E-state index contributed by atoms with van der Waals surface area (Å²) in [7, 11) is 0. The SMILES string of the molecule is CC(=O)OC[C@H]1O[C@H](O)[C@@H](F)[C@@H](OC(C)=O)[C@@H]1OC(C)=O. The number of carbonyl (C=O) groups excluding carboxylic acids is 3. The number of aliphatic hydroxyl groups excluding tert-OH is 1. The molecule has 9 heteroatoms. The van der Waals surface area contributed by atoms with E-state index in [9.17, 15) is 23.9 Å². The monoisotopic (exact) mass is 308 g/mol. The quantitative estimate of drug-likeness (QED) is 0.545. The van der Waals surface area contributed by atoms with Gasteiger partial charge >= 0.3 is 17.9 Å². The summed E-state index contributed by atoms with van der Waals surface area (Å²) in [4.78, 5) is 32.9. The highest BCUT2D eigenvalue weighted by Crippen LogP contribution is 2.27. The van der Waals surface area contributed by atoms with Crippen LogP contribution in [0.1, 0.15) is 20.8 Å². The summed E-state index contributed by atoms with van der Waals surface area (Å²) in [5.41, 5.74) is 0. The number of hydrogen-bond acceptors (Lipinski definition) is 8. The van der Waals surface area contributed by atoms with Crippen LogP contribution in [0.25, 0.3) is 0 Å². The molecule has 1 heterocycles. The Morgan fingerprint density at radius 1 is 1.05 bits per heavy atom. The van der Waals surface area contributed by atoms with E-state index in [-0.39, 0.29) is 0 Å². The molecule has 5 atom stereocenters. The number of hydrogen-bond donors (Lipinski definition) is 1. The van der Waals surface area contributed by atoms with Crippen LogP contribution in [0.4, 0.5) is 4.39 Å². The van der Waals surface area contributed by atoms with E-state index in [4.69, 9.17) is 18.9 Å². The second-order valence-corrected chi connectivity index (χ2v) is 4.46. The Hall–Kier alpha value is -1.74. The van der Waals surface area contributed by atoms with Crippen molar-refractivity contribution in [3.63, 3.8) is 0 Å². The second kappa shape index (κ2) is 7.32. The smallest absolute Gasteiger partial charge is 0.303 e. The van der Waals surface area contributed by atoms with Crippen molar-refractivity contribution in [2.24, 2.45) is 0 Å². The van der Waals surface area contributed by atoms with Crippen LogP contribution in [-0.4, -0.2) is 60.4 Å². The Balaban J connectivity index is 2.94. The van der Waals surface area contributed by atoms with Gasteiger partial charge in [-0.1, -0.05) is 0 Å². The lowest BCUT2D eigenvalue weighted by atomic mass is 9.99. The van der Waals surface area contributed by atoms with Gasteiger partial charge < -0.3 is 24.1 Å². The van der Waals surface area contributed by atoms with Gasteiger partial charge in [0.15, 0.2) is 24.7 Å². The maximum absolute atomic E-state index is 13.9. The minimum Gasteiger partial charge on any atom is -0.463 e. The fourth-order valence-corrected chi connectivity index (χ4v) is 1.88. The molecule has 0 aliphatic carbocycles. The third kappa shape index (κ3) is 4.94. The molecule has 8 nitrogen and oxygen atoms in total. The van der Waals surface area contributed by atoms with Gasteiger partial charge in [-0.05, 0) is 0 Å². The third-order valence-corrected chi connectivity index (χ3v) is 2.65. The van der Waals surface area contributed by atoms with E-state index in [1.807, 2.05) is 0 Å². The third-order valence-electron chi connectivity index (χ3n) is 2.65. The van der Waals surface area contributed by atoms with E-state index in [0.717, 1.165) is 20.8 Å². The minimum absolute atomic E-state index is 0.394. The summed E-state index contributed by atoms with van der Waals surface area (Å²) in [6.07, 6.45) is -8.07. The van der Waals surface area contributed by atoms with Gasteiger partial charge in [-0.2, -0.15) is 0 Å². The Labute approximate surface area is 120 Å². The zero-order chi connectivity index (χ0) is 16.2. The van der Waals surface area contributed by atoms with E-state index >= 15 is 0 Å². The molecular weight excluding hydrogens is 291 g/mol. The van der Waals surface area contributed by atoms with Crippen molar-refractivity contribution in [1.29, 1.82) is 0 Å². The maximum atomic E-state index is 13.9. The standard InChI is InChI=1S/C12H17FO8/c1-5(14)18-4-8-10(19-6(2)15)11(20-7(3)16)9(13)12(17)21-8/h8-12,17H,4H2,1-3H3/t8-,9+,10-,11-,12+/m1/s1. The van der Waals surface area contributed by atoms with Gasteiger partial charge in [-0.25, -0.2) is 4.39 Å². The normalized spacial score (nSPS) is 32.1. The molecule has 21 heavy (non-hydrogen) atoms. The molecule has 0 unspecified atom stereocenters.